The van der Waals surface area contributed by atoms with Gasteiger partial charge in [0.25, 0.3) is 0 Å². The Morgan fingerprint density at radius 3 is 2.84 bits per heavy atom. The molecule has 1 aromatic carbocycles. The molecule has 2 rings (SSSR count). The van der Waals surface area contributed by atoms with Crippen molar-refractivity contribution in [2.24, 2.45) is 0 Å². The summed E-state index contributed by atoms with van der Waals surface area (Å²) in [6, 6.07) is 8.26. The third-order valence-corrected chi connectivity index (χ3v) is 4.40. The summed E-state index contributed by atoms with van der Waals surface area (Å²) in [6.07, 6.45) is 0.273. The first-order chi connectivity index (χ1) is 8.94. The molecule has 1 unspecified atom stereocenters. The van der Waals surface area contributed by atoms with Crippen LogP contribution >= 0.6 is 0 Å². The van der Waals surface area contributed by atoms with E-state index in [1.807, 2.05) is 0 Å². The van der Waals surface area contributed by atoms with E-state index in [0.717, 1.165) is 6.08 Å². The minimum Gasteiger partial charge on any atom is -0.444 e. The lowest BCUT2D eigenvalue weighted by Crippen LogP contribution is -2.11. The van der Waals surface area contributed by atoms with E-state index >= 15 is 0 Å². The smallest absolute Gasteiger partial charge is 0.332 e. The average Bonchev–Trinajstić information content (AvgIpc) is 2.61. The predicted octanol–water partition coefficient (Wildman–Crippen LogP) is 1.31. The molecule has 0 amide bonds. The van der Waals surface area contributed by atoms with Crippen LogP contribution in [-0.4, -0.2) is 26.2 Å². The van der Waals surface area contributed by atoms with E-state index in [2.05, 4.69) is 0 Å². The fourth-order valence-corrected chi connectivity index (χ4v) is 3.48. The number of rotatable bonds is 2. The van der Waals surface area contributed by atoms with Crippen LogP contribution in [0.5, 0.6) is 0 Å². The third kappa shape index (κ3) is 2.66. The van der Waals surface area contributed by atoms with Gasteiger partial charge in [-0.1, -0.05) is 18.2 Å². The van der Waals surface area contributed by atoms with E-state index in [4.69, 9.17) is 10.00 Å². The molecule has 0 aromatic heterocycles. The van der Waals surface area contributed by atoms with E-state index in [9.17, 15) is 13.2 Å². The highest BCUT2D eigenvalue weighted by atomic mass is 32.2. The van der Waals surface area contributed by atoms with E-state index in [1.54, 1.807) is 24.3 Å². The highest BCUT2D eigenvalue weighted by Gasteiger charge is 2.30. The molecule has 0 aliphatic carbocycles. The van der Waals surface area contributed by atoms with Gasteiger partial charge < -0.3 is 4.74 Å². The van der Waals surface area contributed by atoms with E-state index < -0.39 is 21.9 Å². The van der Waals surface area contributed by atoms with Gasteiger partial charge in [-0.25, -0.2) is 13.2 Å². The quantitative estimate of drug-likeness (QED) is 0.601. The Kier molecular flexibility index (Phi) is 3.40. The summed E-state index contributed by atoms with van der Waals surface area (Å²) in [5, 5.41) is 8.54. The number of nitriles is 1. The lowest BCUT2D eigenvalue weighted by Gasteiger charge is -2.03. The maximum Gasteiger partial charge on any atom is 0.332 e. The van der Waals surface area contributed by atoms with Crippen LogP contribution < -0.4 is 0 Å². The van der Waals surface area contributed by atoms with Gasteiger partial charge in [-0.15, -0.1) is 0 Å². The van der Waals surface area contributed by atoms with E-state index in [1.165, 1.54) is 13.0 Å². The molecule has 0 bridgehead atoms. The summed E-state index contributed by atoms with van der Waals surface area (Å²) in [5.74, 6) is -0.932. The van der Waals surface area contributed by atoms with E-state index in [-0.39, 0.29) is 10.6 Å². The molecule has 1 aliphatic rings. The van der Waals surface area contributed by atoms with Crippen molar-refractivity contribution in [2.45, 2.75) is 17.9 Å². The minimum atomic E-state index is -3.38. The molecule has 0 spiro atoms. The molecule has 1 heterocycles. The molecule has 1 aromatic rings. The zero-order valence-corrected chi connectivity index (χ0v) is 11.0. The number of carbonyl (C=O) groups is 1. The lowest BCUT2D eigenvalue weighted by atomic mass is 10.1. The molecule has 0 N–H and O–H groups in total. The first-order valence-electron chi connectivity index (χ1n) is 5.57. The SMILES string of the molecule is CC(C#N)OC(=O)/C=C1\CS(=O)(=O)c2ccccc21. The molecular weight excluding hydrogens is 266 g/mol. The van der Waals surface area contributed by atoms with Crippen molar-refractivity contribution in [1.29, 1.82) is 5.26 Å². The van der Waals surface area contributed by atoms with Crippen LogP contribution in [0.1, 0.15) is 12.5 Å². The number of nitrogens with zero attached hydrogens (tertiary/aromatic N) is 1. The van der Waals surface area contributed by atoms with Gasteiger partial charge in [0.2, 0.25) is 0 Å². The Morgan fingerprint density at radius 1 is 1.47 bits per heavy atom. The fourth-order valence-electron chi connectivity index (χ4n) is 1.86. The maximum absolute atomic E-state index is 11.9. The number of hydrogen-bond donors (Lipinski definition) is 0. The van der Waals surface area contributed by atoms with Gasteiger partial charge in [-0.2, -0.15) is 5.26 Å². The van der Waals surface area contributed by atoms with Crippen LogP contribution in [0.2, 0.25) is 0 Å². The fraction of sp³-hybridized carbons (Fsp3) is 0.231. The topological polar surface area (TPSA) is 84.2 Å². The first kappa shape index (κ1) is 13.3. The summed E-state index contributed by atoms with van der Waals surface area (Å²) in [7, 11) is -3.38. The molecule has 1 aliphatic heterocycles. The number of esters is 1. The summed E-state index contributed by atoms with van der Waals surface area (Å²) < 4.78 is 28.5. The van der Waals surface area contributed by atoms with Crippen molar-refractivity contribution in [2.75, 3.05) is 5.75 Å². The van der Waals surface area contributed by atoms with Crippen molar-refractivity contribution >= 4 is 21.4 Å². The zero-order valence-electron chi connectivity index (χ0n) is 10.2. The molecular formula is C13H11NO4S. The van der Waals surface area contributed by atoms with Gasteiger partial charge >= 0.3 is 5.97 Å². The summed E-state index contributed by atoms with van der Waals surface area (Å²) in [6.45, 7) is 1.44. The number of sulfone groups is 1. The molecule has 0 saturated heterocycles. The Morgan fingerprint density at radius 2 is 2.16 bits per heavy atom. The van der Waals surface area contributed by atoms with Gasteiger partial charge in [0, 0.05) is 6.08 Å². The largest absolute Gasteiger partial charge is 0.444 e. The second-order valence-corrected chi connectivity index (χ2v) is 6.09. The maximum atomic E-state index is 11.9. The molecule has 6 heteroatoms. The van der Waals surface area contributed by atoms with Crippen LogP contribution in [0, 0.1) is 11.3 Å². The number of fused-ring (bicyclic) bond motifs is 1. The lowest BCUT2D eigenvalue weighted by molar-refractivity contribution is -0.139. The Hall–Kier alpha value is -2.13. The molecule has 0 saturated carbocycles. The molecule has 0 radical (unpaired) electrons. The number of benzene rings is 1. The summed E-state index contributed by atoms with van der Waals surface area (Å²) in [5.41, 5.74) is 0.912. The number of hydrogen-bond acceptors (Lipinski definition) is 5. The van der Waals surface area contributed by atoms with Crippen molar-refractivity contribution in [3.8, 4) is 6.07 Å². The Balaban J connectivity index is 2.35. The summed E-state index contributed by atoms with van der Waals surface area (Å²) in [4.78, 5) is 11.8. The molecule has 0 fully saturated rings. The van der Waals surface area contributed by atoms with Crippen LogP contribution in [0.25, 0.3) is 5.57 Å². The van der Waals surface area contributed by atoms with Crippen LogP contribution in [-0.2, 0) is 19.4 Å². The zero-order chi connectivity index (χ0) is 14.0. The minimum absolute atomic E-state index is 0.220. The summed E-state index contributed by atoms with van der Waals surface area (Å²) >= 11 is 0. The van der Waals surface area contributed by atoms with Crippen molar-refractivity contribution in [3.63, 3.8) is 0 Å². The average molecular weight is 277 g/mol. The molecule has 1 atom stereocenters. The van der Waals surface area contributed by atoms with Gasteiger partial charge in [-0.05, 0) is 24.1 Å². The van der Waals surface area contributed by atoms with Gasteiger partial charge in [0.05, 0.1) is 10.6 Å². The highest BCUT2D eigenvalue weighted by molar-refractivity contribution is 7.92. The molecule has 19 heavy (non-hydrogen) atoms. The second-order valence-electron chi connectivity index (χ2n) is 4.13. The van der Waals surface area contributed by atoms with Gasteiger partial charge in [-0.3, -0.25) is 0 Å². The Labute approximate surface area is 111 Å². The highest BCUT2D eigenvalue weighted by Crippen LogP contribution is 2.33. The molecule has 5 nitrogen and oxygen atoms in total. The second kappa shape index (κ2) is 4.86. The van der Waals surface area contributed by atoms with E-state index in [0.29, 0.717) is 11.1 Å². The number of carbonyl (C=O) groups excluding carboxylic acids is 1. The third-order valence-electron chi connectivity index (χ3n) is 2.68. The number of ether oxygens (including phenoxy) is 1. The monoisotopic (exact) mass is 277 g/mol. The Bertz CT molecular complexity index is 698. The van der Waals surface area contributed by atoms with Crippen LogP contribution in [0.4, 0.5) is 0 Å². The predicted molar refractivity (Wildman–Crippen MR) is 67.6 cm³/mol. The van der Waals surface area contributed by atoms with Crippen LogP contribution in [0.15, 0.2) is 35.2 Å². The van der Waals surface area contributed by atoms with Crippen molar-refractivity contribution in [3.05, 3.63) is 35.9 Å². The normalized spacial score (nSPS) is 19.5. The first-order valence-corrected chi connectivity index (χ1v) is 7.22. The molecule has 98 valence electrons. The van der Waals surface area contributed by atoms with Crippen LogP contribution in [0.3, 0.4) is 0 Å². The standard InChI is InChI=1S/C13H11NO4S/c1-9(7-14)18-13(15)6-10-8-19(16,17)12-5-3-2-4-11(10)12/h2-6,9H,8H2,1H3/b10-6+. The van der Waals surface area contributed by atoms with Crippen molar-refractivity contribution < 1.29 is 17.9 Å². The van der Waals surface area contributed by atoms with Gasteiger partial charge in [0.1, 0.15) is 6.07 Å². The van der Waals surface area contributed by atoms with Gasteiger partial charge in [0.15, 0.2) is 15.9 Å². The van der Waals surface area contributed by atoms with Crippen molar-refractivity contribution in [1.82, 2.24) is 0 Å².